The van der Waals surface area contributed by atoms with Crippen LogP contribution in [-0.2, 0) is 37.1 Å². The summed E-state index contributed by atoms with van der Waals surface area (Å²) >= 11 is 0. The Kier molecular flexibility index (Phi) is 13.4. The van der Waals surface area contributed by atoms with E-state index in [-0.39, 0.29) is 41.8 Å². The Labute approximate surface area is 325 Å². The zero-order valence-electron chi connectivity index (χ0n) is 31.8. The molecule has 302 valence electrons. The number of benzene rings is 2. The number of sulfone groups is 1. The summed E-state index contributed by atoms with van der Waals surface area (Å²) in [5, 5.41) is 40.1. The molecule has 2 saturated carbocycles. The van der Waals surface area contributed by atoms with Gasteiger partial charge in [-0.1, -0.05) is 62.4 Å². The largest absolute Gasteiger partial charge is 0.383 e. The van der Waals surface area contributed by atoms with E-state index in [0.29, 0.717) is 24.8 Å². The molecule has 0 aliphatic heterocycles. The minimum atomic E-state index is -3.83. The molecule has 16 nitrogen and oxygen atoms in total. The number of rotatable bonds is 18. The number of Topliss-reactive ketones (excluding diaryl/α,β-unsaturated/α-hetero) is 1. The van der Waals surface area contributed by atoms with Gasteiger partial charge in [-0.2, -0.15) is 0 Å². The van der Waals surface area contributed by atoms with Crippen molar-refractivity contribution >= 4 is 38.8 Å². The SMILES string of the molecule is CC(C)(C)S(=O)(=O)C[C@@H](Cc1ccccc1)C(=O)N[C@@H](Cc1cn(-c2ccc([N+](=O)[O-])cc2[N+](=O)[O-])cn1)C(=O)N[C@@H](CC1CCCCC1)[C@@H](O)C(=O)C1CC1. The van der Waals surface area contributed by atoms with Crippen molar-refractivity contribution in [1.82, 2.24) is 20.2 Å². The highest BCUT2D eigenvalue weighted by Crippen LogP contribution is 2.34. The summed E-state index contributed by atoms with van der Waals surface area (Å²) in [6.45, 7) is 4.63. The predicted octanol–water partition coefficient (Wildman–Crippen LogP) is 4.58. The highest BCUT2D eigenvalue weighted by Gasteiger charge is 2.41. The van der Waals surface area contributed by atoms with Crippen LogP contribution >= 0.6 is 0 Å². The van der Waals surface area contributed by atoms with Crippen LogP contribution in [0.3, 0.4) is 0 Å². The third-order valence-electron chi connectivity index (χ3n) is 10.7. The van der Waals surface area contributed by atoms with E-state index in [9.17, 15) is 48.1 Å². The number of imidazole rings is 1. The summed E-state index contributed by atoms with van der Waals surface area (Å²) in [4.78, 5) is 67.7. The molecule has 2 amide bonds. The van der Waals surface area contributed by atoms with Crippen molar-refractivity contribution in [2.45, 2.75) is 108 Å². The third kappa shape index (κ3) is 10.8. The average molecular weight is 795 g/mol. The topological polar surface area (TPSA) is 234 Å². The van der Waals surface area contributed by atoms with Gasteiger partial charge in [0.15, 0.2) is 15.6 Å². The number of aliphatic hydroxyl groups excluding tert-OH is 1. The van der Waals surface area contributed by atoms with Crippen LogP contribution in [-0.4, -0.2) is 79.2 Å². The summed E-state index contributed by atoms with van der Waals surface area (Å²) in [6, 6.07) is 9.68. The number of non-ortho nitro benzene ring substituents is 1. The Balaban J connectivity index is 1.48. The number of nitrogens with zero attached hydrogens (tertiary/aromatic N) is 4. The molecule has 0 bridgehead atoms. The molecule has 4 atom stereocenters. The van der Waals surface area contributed by atoms with E-state index < -0.39 is 77.5 Å². The van der Waals surface area contributed by atoms with Crippen LogP contribution in [0.15, 0.2) is 61.1 Å². The van der Waals surface area contributed by atoms with Gasteiger partial charge < -0.3 is 15.7 Å². The van der Waals surface area contributed by atoms with Crippen molar-refractivity contribution < 1.29 is 37.8 Å². The van der Waals surface area contributed by atoms with Crippen LogP contribution in [0.5, 0.6) is 0 Å². The molecule has 0 unspecified atom stereocenters. The summed E-state index contributed by atoms with van der Waals surface area (Å²) in [7, 11) is -3.83. The van der Waals surface area contributed by atoms with Crippen molar-refractivity contribution in [2.24, 2.45) is 17.8 Å². The fourth-order valence-corrected chi connectivity index (χ4v) is 8.38. The number of nitrogens with one attached hydrogen (secondary N) is 2. The van der Waals surface area contributed by atoms with Crippen LogP contribution in [0.1, 0.15) is 83.4 Å². The van der Waals surface area contributed by atoms with Gasteiger partial charge in [-0.25, -0.2) is 13.4 Å². The summed E-state index contributed by atoms with van der Waals surface area (Å²) in [6.07, 6.45) is 7.44. The Hall–Kier alpha value is -5.03. The number of hydrogen-bond acceptors (Lipinski definition) is 11. The van der Waals surface area contributed by atoms with Gasteiger partial charge >= 0.3 is 0 Å². The highest BCUT2D eigenvalue weighted by atomic mass is 32.2. The summed E-state index contributed by atoms with van der Waals surface area (Å²) in [5.74, 6) is -3.52. The Morgan fingerprint density at radius 3 is 2.21 bits per heavy atom. The first-order valence-corrected chi connectivity index (χ1v) is 20.6. The molecule has 3 N–H and O–H groups in total. The smallest absolute Gasteiger partial charge is 0.300 e. The standard InChI is InChI=1S/C39H50N6O10S/c1-39(2,3)56(54,55)23-28(18-25-10-6-4-7-11-25)37(48)42-32(20-29-22-43(24-40-29)33-17-16-30(44(50)51)21-34(33)45(52)53)38(49)41-31(19-26-12-8-5-9-13-26)36(47)35(46)27-14-15-27/h4,6-7,10-11,16-17,21-22,24,26-28,31-32,36,47H,5,8-9,12-15,18-20,23H2,1-3H3,(H,41,49)(H,42,48)/t28-,31+,32+,36-/m1/s1. The molecule has 5 rings (SSSR count). The number of nitro benzene ring substituents is 2. The molecule has 3 aromatic rings. The number of amides is 2. The van der Waals surface area contributed by atoms with Crippen LogP contribution < -0.4 is 10.6 Å². The minimum Gasteiger partial charge on any atom is -0.383 e. The first-order chi connectivity index (χ1) is 26.4. The number of carbonyl (C=O) groups excluding carboxylic acids is 3. The van der Waals surface area contributed by atoms with Gasteiger partial charge in [-0.15, -0.1) is 0 Å². The Bertz CT molecular complexity index is 2020. The van der Waals surface area contributed by atoms with Gasteiger partial charge in [-0.3, -0.25) is 39.2 Å². The average Bonchev–Trinajstić information content (AvgIpc) is 3.91. The fraction of sp³-hybridized carbons (Fsp3) is 0.538. The molecule has 0 radical (unpaired) electrons. The van der Waals surface area contributed by atoms with Crippen molar-refractivity contribution in [1.29, 1.82) is 0 Å². The lowest BCUT2D eigenvalue weighted by molar-refractivity contribution is -0.394. The van der Waals surface area contributed by atoms with Crippen LogP contribution in [0, 0.1) is 38.0 Å². The number of ketones is 1. The van der Waals surface area contributed by atoms with E-state index in [4.69, 9.17) is 0 Å². The lowest BCUT2D eigenvalue weighted by atomic mass is 9.83. The van der Waals surface area contributed by atoms with Gasteiger partial charge in [0.25, 0.3) is 11.4 Å². The number of aromatic nitrogens is 2. The van der Waals surface area contributed by atoms with Crippen LogP contribution in [0.25, 0.3) is 5.69 Å². The fourth-order valence-electron chi connectivity index (χ4n) is 7.08. The van der Waals surface area contributed by atoms with Crippen LogP contribution in [0.2, 0.25) is 0 Å². The summed E-state index contributed by atoms with van der Waals surface area (Å²) < 4.78 is 27.0. The van der Waals surface area contributed by atoms with E-state index in [1.165, 1.54) is 23.2 Å². The van der Waals surface area contributed by atoms with E-state index >= 15 is 0 Å². The maximum atomic E-state index is 14.3. The molecule has 2 fully saturated rings. The van der Waals surface area contributed by atoms with Crippen LogP contribution in [0.4, 0.5) is 11.4 Å². The molecule has 0 saturated heterocycles. The Morgan fingerprint density at radius 2 is 1.61 bits per heavy atom. The molecule has 2 aromatic carbocycles. The van der Waals surface area contributed by atoms with E-state index in [0.717, 1.165) is 44.2 Å². The molecule has 1 aromatic heterocycles. The van der Waals surface area contributed by atoms with Gasteiger partial charge in [0, 0.05) is 24.6 Å². The zero-order chi connectivity index (χ0) is 40.8. The normalized spacial score (nSPS) is 17.3. The molecular weight excluding hydrogens is 745 g/mol. The maximum Gasteiger partial charge on any atom is 0.300 e. The minimum absolute atomic E-state index is 0.0334. The van der Waals surface area contributed by atoms with E-state index in [1.54, 1.807) is 51.1 Å². The second kappa shape index (κ2) is 17.8. The van der Waals surface area contributed by atoms with Crippen molar-refractivity contribution in [3.8, 4) is 5.69 Å². The quantitative estimate of drug-likeness (QED) is 0.119. The predicted molar refractivity (Wildman–Crippen MR) is 207 cm³/mol. The first-order valence-electron chi connectivity index (χ1n) is 19.0. The lowest BCUT2D eigenvalue weighted by Gasteiger charge is -2.31. The van der Waals surface area contributed by atoms with E-state index in [1.807, 2.05) is 0 Å². The molecule has 17 heteroatoms. The zero-order valence-corrected chi connectivity index (χ0v) is 32.7. The molecule has 1 heterocycles. The van der Waals surface area contributed by atoms with Crippen molar-refractivity contribution in [3.05, 3.63) is 92.5 Å². The van der Waals surface area contributed by atoms with Gasteiger partial charge in [0.2, 0.25) is 11.8 Å². The van der Waals surface area contributed by atoms with Crippen molar-refractivity contribution in [2.75, 3.05) is 5.75 Å². The van der Waals surface area contributed by atoms with Gasteiger partial charge in [0.1, 0.15) is 17.8 Å². The third-order valence-corrected chi connectivity index (χ3v) is 13.4. The van der Waals surface area contributed by atoms with Crippen molar-refractivity contribution in [3.63, 3.8) is 0 Å². The first kappa shape index (κ1) is 42.1. The maximum absolute atomic E-state index is 14.3. The highest BCUT2D eigenvalue weighted by molar-refractivity contribution is 7.92. The molecule has 0 spiro atoms. The monoisotopic (exact) mass is 794 g/mol. The lowest BCUT2D eigenvalue weighted by Crippen LogP contribution is -2.56. The number of nitro groups is 2. The summed E-state index contributed by atoms with van der Waals surface area (Å²) in [5.41, 5.74) is -0.179. The molecule has 2 aliphatic rings. The second-order valence-corrected chi connectivity index (χ2v) is 18.8. The molecule has 56 heavy (non-hydrogen) atoms. The van der Waals surface area contributed by atoms with Gasteiger partial charge in [0.05, 0.1) is 50.4 Å². The molecule has 2 aliphatic carbocycles. The molecular formula is C39H50N6O10S. The number of aliphatic hydroxyl groups is 1. The Morgan fingerprint density at radius 1 is 0.929 bits per heavy atom. The van der Waals surface area contributed by atoms with Gasteiger partial charge in [-0.05, 0) is 64.0 Å². The van der Waals surface area contributed by atoms with E-state index in [2.05, 4.69) is 15.6 Å². The number of carbonyl (C=O) groups is 3. The second-order valence-electron chi connectivity index (χ2n) is 16.0. The number of hydrogen-bond donors (Lipinski definition) is 3.